The van der Waals surface area contributed by atoms with Gasteiger partial charge in [-0.25, -0.2) is 13.5 Å². The second-order valence-corrected chi connectivity index (χ2v) is 3.19. The quantitative estimate of drug-likeness (QED) is 0.522. The van der Waals surface area contributed by atoms with Gasteiger partial charge in [0.15, 0.2) is 6.61 Å². The van der Waals surface area contributed by atoms with Crippen molar-refractivity contribution < 1.29 is 18.3 Å². The Morgan fingerprint density at radius 2 is 2.00 bits per heavy atom. The molecule has 5 nitrogen and oxygen atoms in total. The normalized spacial score (nSPS) is 10.9. The topological polar surface area (TPSA) is 83.1 Å². The highest BCUT2D eigenvalue weighted by Crippen LogP contribution is 1.72. The van der Waals surface area contributed by atoms with E-state index in [4.69, 9.17) is 0 Å². The molecule has 1 radical (unpaired) electrons. The van der Waals surface area contributed by atoms with Crippen molar-refractivity contribution in [2.75, 3.05) is 12.9 Å². The molecule has 1 N–H and O–H groups in total. The summed E-state index contributed by atoms with van der Waals surface area (Å²) in [6.45, 7) is -1.06. The molecule has 0 heterocycles. The second kappa shape index (κ2) is 2.79. The first-order chi connectivity index (χ1) is 3.95. The molecule has 0 aliphatic carbocycles. The molecular formula is C3H6NO4S. The zero-order chi connectivity index (χ0) is 7.49. The molecule has 53 valence electrons. The molecule has 0 spiro atoms. The summed E-state index contributed by atoms with van der Waals surface area (Å²) in [5.41, 5.74) is 0. The van der Waals surface area contributed by atoms with Gasteiger partial charge >= 0.3 is 0 Å². The molecule has 0 unspecified atom stereocenters. The van der Waals surface area contributed by atoms with E-state index in [1.807, 2.05) is 0 Å². The van der Waals surface area contributed by atoms with Gasteiger partial charge in [0, 0.05) is 0 Å². The third-order valence-corrected chi connectivity index (χ3v) is 1.03. The minimum absolute atomic E-state index is 0.806. The summed E-state index contributed by atoms with van der Waals surface area (Å²) in [5.74, 6) is -1.03. The second-order valence-electron chi connectivity index (χ2n) is 1.44. The van der Waals surface area contributed by atoms with E-state index in [1.54, 1.807) is 0 Å². The standard InChI is InChI=1S/C3H6NO4S/c1-9(7,8)4-3(6)2-5/h2H2,1H3,(H,4,6). The summed E-state index contributed by atoms with van der Waals surface area (Å²) in [5, 5.41) is 9.63. The predicted molar refractivity (Wildman–Crippen MR) is 28.5 cm³/mol. The molecular weight excluding hydrogens is 146 g/mol. The van der Waals surface area contributed by atoms with E-state index in [0.29, 0.717) is 0 Å². The third kappa shape index (κ3) is 5.25. The lowest BCUT2D eigenvalue weighted by molar-refractivity contribution is -0.123. The van der Waals surface area contributed by atoms with Crippen molar-refractivity contribution in [2.24, 2.45) is 0 Å². The smallest absolute Gasteiger partial charge is 0.262 e. The Morgan fingerprint density at radius 1 is 1.56 bits per heavy atom. The van der Waals surface area contributed by atoms with Gasteiger partial charge in [-0.1, -0.05) is 0 Å². The number of carbonyl (C=O) groups excluding carboxylic acids is 1. The molecule has 0 aliphatic rings. The first-order valence-corrected chi connectivity index (χ1v) is 3.93. The lowest BCUT2D eigenvalue weighted by atomic mass is 10.7. The summed E-state index contributed by atoms with van der Waals surface area (Å²) in [6, 6.07) is 0. The van der Waals surface area contributed by atoms with Gasteiger partial charge in [-0.3, -0.25) is 9.52 Å². The van der Waals surface area contributed by atoms with Gasteiger partial charge < -0.3 is 0 Å². The van der Waals surface area contributed by atoms with Gasteiger partial charge in [0.05, 0.1) is 6.26 Å². The van der Waals surface area contributed by atoms with E-state index < -0.39 is 22.5 Å². The molecule has 0 rings (SSSR count). The van der Waals surface area contributed by atoms with Gasteiger partial charge in [0.2, 0.25) is 10.0 Å². The third-order valence-electron chi connectivity index (χ3n) is 0.430. The van der Waals surface area contributed by atoms with Crippen LogP contribution in [-0.4, -0.2) is 27.2 Å². The maximum Gasteiger partial charge on any atom is 0.262 e. The van der Waals surface area contributed by atoms with Gasteiger partial charge in [-0.2, -0.15) is 0 Å². The molecule has 9 heavy (non-hydrogen) atoms. The Morgan fingerprint density at radius 3 is 2.11 bits per heavy atom. The molecule has 0 aromatic rings. The first kappa shape index (κ1) is 8.38. The fourth-order valence-corrected chi connectivity index (χ4v) is 0.709. The Bertz CT molecular complexity index is 194. The summed E-state index contributed by atoms with van der Waals surface area (Å²) in [4.78, 5) is 10.0. The van der Waals surface area contributed by atoms with E-state index >= 15 is 0 Å². The van der Waals surface area contributed by atoms with Crippen molar-refractivity contribution in [3.63, 3.8) is 0 Å². The van der Waals surface area contributed by atoms with Crippen LogP contribution in [0.4, 0.5) is 0 Å². The zero-order valence-electron chi connectivity index (χ0n) is 4.75. The maximum atomic E-state index is 10.1. The van der Waals surface area contributed by atoms with Crippen LogP contribution in [0.2, 0.25) is 0 Å². The molecule has 0 saturated heterocycles. The number of amides is 1. The van der Waals surface area contributed by atoms with E-state index in [1.165, 1.54) is 4.72 Å². The fraction of sp³-hybridized carbons (Fsp3) is 0.667. The van der Waals surface area contributed by atoms with Crippen LogP contribution in [0, 0.1) is 0 Å². The van der Waals surface area contributed by atoms with E-state index in [9.17, 15) is 18.3 Å². The van der Waals surface area contributed by atoms with E-state index in [0.717, 1.165) is 6.26 Å². The number of hydrogen-bond acceptors (Lipinski definition) is 3. The molecule has 0 atom stereocenters. The number of rotatable bonds is 2. The molecule has 0 bridgehead atoms. The maximum absolute atomic E-state index is 10.1. The Balaban J connectivity index is 3.91. The highest BCUT2D eigenvalue weighted by atomic mass is 32.2. The largest absolute Gasteiger partial charge is 0.271 e. The number of sulfonamides is 1. The SMILES string of the molecule is CS(=O)(=O)NC(=O)C[O]. The first-order valence-electron chi connectivity index (χ1n) is 2.04. The van der Waals surface area contributed by atoms with Gasteiger partial charge in [-0.05, 0) is 0 Å². The van der Waals surface area contributed by atoms with Crippen molar-refractivity contribution in [1.82, 2.24) is 4.72 Å². The average molecular weight is 152 g/mol. The average Bonchev–Trinajstić information content (AvgIpc) is 1.62. The summed E-state index contributed by atoms with van der Waals surface area (Å²) in [6.07, 6.45) is 0.806. The van der Waals surface area contributed by atoms with Crippen molar-refractivity contribution in [3.05, 3.63) is 0 Å². The van der Waals surface area contributed by atoms with Crippen molar-refractivity contribution in [2.45, 2.75) is 0 Å². The lowest BCUT2D eigenvalue weighted by Gasteiger charge is -1.95. The Kier molecular flexibility index (Phi) is 2.60. The summed E-state index contributed by atoms with van der Waals surface area (Å²) < 4.78 is 21.7. The van der Waals surface area contributed by atoms with Crippen LogP contribution in [0.5, 0.6) is 0 Å². The van der Waals surface area contributed by atoms with Crippen LogP contribution in [0.25, 0.3) is 0 Å². The highest BCUT2D eigenvalue weighted by molar-refractivity contribution is 7.89. The van der Waals surface area contributed by atoms with Crippen molar-refractivity contribution in [1.29, 1.82) is 0 Å². The molecule has 0 aromatic heterocycles. The molecule has 0 fully saturated rings. The van der Waals surface area contributed by atoms with Crippen molar-refractivity contribution in [3.8, 4) is 0 Å². The minimum atomic E-state index is -3.53. The predicted octanol–water partition coefficient (Wildman–Crippen LogP) is -1.51. The highest BCUT2D eigenvalue weighted by Gasteiger charge is 2.05. The minimum Gasteiger partial charge on any atom is -0.271 e. The van der Waals surface area contributed by atoms with Crippen LogP contribution in [-0.2, 0) is 19.9 Å². The molecule has 0 saturated carbocycles. The Hall–Kier alpha value is -0.620. The van der Waals surface area contributed by atoms with Crippen LogP contribution in [0.15, 0.2) is 0 Å². The van der Waals surface area contributed by atoms with E-state index in [-0.39, 0.29) is 0 Å². The number of hydrogen-bond donors (Lipinski definition) is 1. The van der Waals surface area contributed by atoms with Crippen LogP contribution in [0.3, 0.4) is 0 Å². The number of carbonyl (C=O) groups is 1. The number of nitrogens with one attached hydrogen (secondary N) is 1. The van der Waals surface area contributed by atoms with E-state index in [2.05, 4.69) is 0 Å². The molecule has 1 amide bonds. The van der Waals surface area contributed by atoms with Gasteiger partial charge in [-0.15, -0.1) is 0 Å². The molecule has 0 aliphatic heterocycles. The lowest BCUT2D eigenvalue weighted by Crippen LogP contribution is -2.31. The fourth-order valence-electron chi connectivity index (χ4n) is 0.236. The molecule has 6 heteroatoms. The van der Waals surface area contributed by atoms with Crippen LogP contribution < -0.4 is 4.72 Å². The molecule has 0 aromatic carbocycles. The van der Waals surface area contributed by atoms with Gasteiger partial charge in [0.1, 0.15) is 0 Å². The van der Waals surface area contributed by atoms with Crippen molar-refractivity contribution >= 4 is 15.9 Å². The van der Waals surface area contributed by atoms with Crippen LogP contribution in [0.1, 0.15) is 0 Å². The monoisotopic (exact) mass is 152 g/mol. The zero-order valence-corrected chi connectivity index (χ0v) is 5.56. The Labute approximate surface area is 52.7 Å². The van der Waals surface area contributed by atoms with Crippen LogP contribution >= 0.6 is 0 Å². The van der Waals surface area contributed by atoms with Gasteiger partial charge in [0.25, 0.3) is 5.91 Å². The summed E-state index contributed by atoms with van der Waals surface area (Å²) >= 11 is 0. The summed E-state index contributed by atoms with van der Waals surface area (Å²) in [7, 11) is -3.53.